The van der Waals surface area contributed by atoms with Crippen molar-refractivity contribution in [1.82, 2.24) is 0 Å². The van der Waals surface area contributed by atoms with Crippen molar-refractivity contribution in [3.63, 3.8) is 0 Å². The number of anilines is 3. The molecule has 3 nitrogen and oxygen atoms in total. The van der Waals surface area contributed by atoms with Crippen LogP contribution in [0.15, 0.2) is 221 Å². The van der Waals surface area contributed by atoms with Gasteiger partial charge in [0.1, 0.15) is 22.3 Å². The molecule has 0 fully saturated rings. The summed E-state index contributed by atoms with van der Waals surface area (Å²) >= 11 is 0. The molecule has 0 radical (unpaired) electrons. The minimum absolute atomic E-state index is 0.127. The molecule has 0 aliphatic heterocycles. The number of hydrogen-bond acceptors (Lipinski definition) is 3. The van der Waals surface area contributed by atoms with E-state index < -0.39 is 0 Å². The van der Waals surface area contributed by atoms with Crippen molar-refractivity contribution in [1.29, 1.82) is 0 Å². The summed E-state index contributed by atoms with van der Waals surface area (Å²) in [6, 6.07) is 77.4. The number of nitrogens with zero attached hydrogens (tertiary/aromatic N) is 1. The summed E-state index contributed by atoms with van der Waals surface area (Å²) in [6.07, 6.45) is 0. The third-order valence-electron chi connectivity index (χ3n) is 15.5. The maximum atomic E-state index is 7.11. The average molecular weight is 886 g/mol. The zero-order valence-corrected chi connectivity index (χ0v) is 39.0. The van der Waals surface area contributed by atoms with Crippen LogP contribution >= 0.6 is 0 Å². The first-order valence-electron chi connectivity index (χ1n) is 24.1. The van der Waals surface area contributed by atoms with Crippen molar-refractivity contribution in [3.8, 4) is 55.6 Å². The summed E-state index contributed by atoms with van der Waals surface area (Å²) in [7, 11) is 0. The first-order chi connectivity index (χ1) is 33.7. The molecule has 2 heterocycles. The van der Waals surface area contributed by atoms with Crippen LogP contribution in [0.3, 0.4) is 0 Å². The predicted octanol–water partition coefficient (Wildman–Crippen LogP) is 18.6. The summed E-state index contributed by atoms with van der Waals surface area (Å²) in [5.41, 5.74) is 23.9. The lowest BCUT2D eigenvalue weighted by molar-refractivity contribution is 0.660. The Morgan fingerprint density at radius 3 is 1.55 bits per heavy atom. The van der Waals surface area contributed by atoms with Gasteiger partial charge in [-0.05, 0) is 133 Å². The van der Waals surface area contributed by atoms with Gasteiger partial charge in [0.05, 0.1) is 0 Å². The third-order valence-corrected chi connectivity index (χ3v) is 15.5. The molecule has 14 rings (SSSR count). The Balaban J connectivity index is 0.924. The van der Waals surface area contributed by atoms with Crippen LogP contribution in [0.5, 0.6) is 0 Å². The molecule has 10 aromatic carbocycles. The van der Waals surface area contributed by atoms with Crippen LogP contribution in [0.4, 0.5) is 17.1 Å². The summed E-state index contributed by atoms with van der Waals surface area (Å²) < 4.78 is 13.8. The van der Waals surface area contributed by atoms with E-state index in [0.717, 1.165) is 83.2 Å². The zero-order chi connectivity index (χ0) is 46.2. The molecule has 0 bridgehead atoms. The van der Waals surface area contributed by atoms with E-state index in [1.54, 1.807) is 0 Å². The summed E-state index contributed by atoms with van der Waals surface area (Å²) in [5.74, 6) is 0. The normalized spacial score (nSPS) is 14.0. The van der Waals surface area contributed by atoms with Crippen molar-refractivity contribution in [2.45, 2.75) is 38.5 Å². The predicted molar refractivity (Wildman–Crippen MR) is 287 cm³/mol. The number of furan rings is 2. The second-order valence-electron chi connectivity index (χ2n) is 20.0. The van der Waals surface area contributed by atoms with E-state index in [1.165, 1.54) is 55.6 Å². The van der Waals surface area contributed by atoms with E-state index in [0.29, 0.717) is 0 Å². The minimum Gasteiger partial charge on any atom is -0.456 e. The fourth-order valence-electron chi connectivity index (χ4n) is 12.0. The zero-order valence-electron chi connectivity index (χ0n) is 39.0. The highest BCUT2D eigenvalue weighted by Gasteiger charge is 2.37. The van der Waals surface area contributed by atoms with Gasteiger partial charge in [0.2, 0.25) is 0 Å². The van der Waals surface area contributed by atoms with Crippen molar-refractivity contribution in [2.75, 3.05) is 4.90 Å². The fraction of sp³-hybridized carbons (Fsp3) is 0.0909. The van der Waals surface area contributed by atoms with E-state index in [2.05, 4.69) is 239 Å². The Bertz CT molecular complexity index is 4050. The Morgan fingerprint density at radius 2 is 0.841 bits per heavy atom. The first kappa shape index (κ1) is 39.7. The van der Waals surface area contributed by atoms with Crippen LogP contribution in [0, 0.1) is 0 Å². The van der Waals surface area contributed by atoms with E-state index in [1.807, 2.05) is 6.07 Å². The lowest BCUT2D eigenvalue weighted by Crippen LogP contribution is -2.16. The Morgan fingerprint density at radius 1 is 0.319 bits per heavy atom. The molecule has 2 aliphatic rings. The molecule has 2 aromatic heterocycles. The van der Waals surface area contributed by atoms with Gasteiger partial charge in [-0.25, -0.2) is 0 Å². The second-order valence-corrected chi connectivity index (χ2v) is 20.0. The van der Waals surface area contributed by atoms with Gasteiger partial charge in [0.15, 0.2) is 0 Å². The highest BCUT2D eigenvalue weighted by molar-refractivity contribution is 6.25. The van der Waals surface area contributed by atoms with E-state index >= 15 is 0 Å². The molecular weight excluding hydrogens is 839 g/mol. The van der Waals surface area contributed by atoms with Crippen molar-refractivity contribution < 1.29 is 8.83 Å². The van der Waals surface area contributed by atoms with Crippen molar-refractivity contribution in [3.05, 3.63) is 235 Å². The van der Waals surface area contributed by atoms with Gasteiger partial charge in [-0.15, -0.1) is 0 Å². The maximum Gasteiger partial charge on any atom is 0.144 e. The third kappa shape index (κ3) is 5.80. The van der Waals surface area contributed by atoms with E-state index in [9.17, 15) is 0 Å². The van der Waals surface area contributed by atoms with Crippen LogP contribution in [0.25, 0.3) is 99.5 Å². The molecule has 0 saturated carbocycles. The topological polar surface area (TPSA) is 29.5 Å². The average Bonchev–Trinajstić information content (AvgIpc) is 4.09. The Labute approximate surface area is 401 Å². The van der Waals surface area contributed by atoms with Gasteiger partial charge >= 0.3 is 0 Å². The number of rotatable bonds is 6. The van der Waals surface area contributed by atoms with Crippen LogP contribution in [0.1, 0.15) is 49.9 Å². The standard InChI is InChI=1S/C66H47NO2/c1-65(2)54-21-11-8-17-48(54)50-35-29-43(37-56(50)65)61-63-52-19-10-13-23-58(52)68-60(63)39-53-62-47(20-14-24-59(62)69-64(53)61)42-27-32-45(33-28-42)67(44-30-25-41(26-31-44)40-15-6-5-7-16-40)46-34-36-51-49-18-9-12-22-55(49)66(3,4)57(51)38-46/h5-39H,1-4H3. The molecule has 0 N–H and O–H groups in total. The first-order valence-corrected chi connectivity index (χ1v) is 24.1. The van der Waals surface area contributed by atoms with Crippen molar-refractivity contribution >= 4 is 60.9 Å². The van der Waals surface area contributed by atoms with Gasteiger partial charge in [-0.3, -0.25) is 0 Å². The molecule has 0 saturated heterocycles. The largest absolute Gasteiger partial charge is 0.456 e. The molecule has 12 aromatic rings. The number of fused-ring (bicyclic) bond motifs is 12. The molecule has 2 aliphatic carbocycles. The van der Waals surface area contributed by atoms with Crippen LogP contribution in [-0.2, 0) is 10.8 Å². The molecule has 69 heavy (non-hydrogen) atoms. The van der Waals surface area contributed by atoms with Crippen LogP contribution in [-0.4, -0.2) is 0 Å². The van der Waals surface area contributed by atoms with Gasteiger partial charge in [0.25, 0.3) is 0 Å². The lowest BCUT2D eigenvalue weighted by Gasteiger charge is -2.28. The molecule has 328 valence electrons. The summed E-state index contributed by atoms with van der Waals surface area (Å²) in [5, 5.41) is 4.27. The Kier molecular flexibility index (Phi) is 8.38. The number of hydrogen-bond donors (Lipinski definition) is 0. The molecule has 3 heteroatoms. The quantitative estimate of drug-likeness (QED) is 0.167. The molecular formula is C66H47NO2. The number of benzene rings is 10. The molecule has 0 spiro atoms. The maximum absolute atomic E-state index is 7.11. The molecule has 0 unspecified atom stereocenters. The van der Waals surface area contributed by atoms with E-state index in [-0.39, 0.29) is 10.8 Å². The fourth-order valence-corrected chi connectivity index (χ4v) is 12.0. The second kappa shape index (κ2) is 14.6. The number of para-hydroxylation sites is 1. The lowest BCUT2D eigenvalue weighted by atomic mass is 9.81. The van der Waals surface area contributed by atoms with Crippen molar-refractivity contribution in [2.24, 2.45) is 0 Å². The highest BCUT2D eigenvalue weighted by atomic mass is 16.3. The van der Waals surface area contributed by atoms with Crippen LogP contribution < -0.4 is 4.90 Å². The van der Waals surface area contributed by atoms with Gasteiger partial charge in [0, 0.05) is 55.0 Å². The summed E-state index contributed by atoms with van der Waals surface area (Å²) in [6.45, 7) is 9.39. The highest BCUT2D eigenvalue weighted by Crippen LogP contribution is 2.54. The smallest absolute Gasteiger partial charge is 0.144 e. The van der Waals surface area contributed by atoms with Gasteiger partial charge in [-0.1, -0.05) is 179 Å². The molecule has 0 atom stereocenters. The van der Waals surface area contributed by atoms with Crippen LogP contribution in [0.2, 0.25) is 0 Å². The Hall–Kier alpha value is -8.40. The SMILES string of the molecule is CC1(C)c2ccccc2-c2ccc(-c3c4oc5cccc(-c6ccc(N(c7ccc(-c8ccccc8)cc7)c7ccc8c(c7)C(C)(C)c7ccccc7-8)cc6)c5c4cc4oc5ccccc5c34)cc21. The summed E-state index contributed by atoms with van der Waals surface area (Å²) in [4.78, 5) is 2.40. The minimum atomic E-state index is -0.148. The molecule has 0 amide bonds. The van der Waals surface area contributed by atoms with Gasteiger partial charge < -0.3 is 13.7 Å². The van der Waals surface area contributed by atoms with Gasteiger partial charge in [-0.2, -0.15) is 0 Å². The monoisotopic (exact) mass is 885 g/mol. The van der Waals surface area contributed by atoms with E-state index in [4.69, 9.17) is 8.83 Å².